The van der Waals surface area contributed by atoms with Gasteiger partial charge in [0.1, 0.15) is 11.4 Å². The van der Waals surface area contributed by atoms with E-state index in [4.69, 9.17) is 4.74 Å². The molecule has 30 heavy (non-hydrogen) atoms. The second kappa shape index (κ2) is 8.38. The summed E-state index contributed by atoms with van der Waals surface area (Å²) in [5.41, 5.74) is 2.29. The molecule has 2 aliphatic heterocycles. The molecule has 0 saturated carbocycles. The van der Waals surface area contributed by atoms with Crippen LogP contribution in [0.4, 0.5) is 0 Å². The molecule has 1 aromatic heterocycles. The summed E-state index contributed by atoms with van der Waals surface area (Å²) >= 11 is 0. The summed E-state index contributed by atoms with van der Waals surface area (Å²) in [6, 6.07) is 5.56. The smallest absolute Gasteiger partial charge is 0.268 e. The van der Waals surface area contributed by atoms with Crippen molar-refractivity contribution in [2.75, 3.05) is 26.7 Å². The Morgan fingerprint density at radius 3 is 2.83 bits per heavy atom. The van der Waals surface area contributed by atoms with Gasteiger partial charge in [0.05, 0.1) is 13.0 Å². The quantitative estimate of drug-likeness (QED) is 0.711. The number of rotatable bonds is 4. The van der Waals surface area contributed by atoms with Crippen molar-refractivity contribution in [3.63, 3.8) is 0 Å². The van der Waals surface area contributed by atoms with Crippen molar-refractivity contribution >= 4 is 28.6 Å². The van der Waals surface area contributed by atoms with Crippen LogP contribution in [0.15, 0.2) is 18.2 Å². The maximum atomic E-state index is 13.0. The standard InChI is InChI=1S/C22H28N4O4/c1-13-17-10-16(30-2)6-7-18(17)25-20(13)21(28)24-15-5-3-4-8-26(12-15)22(29)14-9-19(27)23-11-14/h6-7,10,14-15,25H,3-5,8-9,11-12H2,1-2H3,(H,23,27)(H,24,28). The number of fused-ring (bicyclic) bond motifs is 1. The number of methoxy groups -OCH3 is 1. The zero-order valence-electron chi connectivity index (χ0n) is 17.4. The highest BCUT2D eigenvalue weighted by atomic mass is 16.5. The Bertz CT molecular complexity index is 983. The van der Waals surface area contributed by atoms with Crippen LogP contribution in [0.3, 0.4) is 0 Å². The molecule has 3 N–H and O–H groups in total. The molecule has 1 aromatic carbocycles. The van der Waals surface area contributed by atoms with E-state index >= 15 is 0 Å². The van der Waals surface area contributed by atoms with E-state index in [0.29, 0.717) is 25.3 Å². The number of aromatic amines is 1. The maximum absolute atomic E-state index is 13.0. The number of nitrogens with one attached hydrogen (secondary N) is 3. The maximum Gasteiger partial charge on any atom is 0.268 e. The first-order valence-electron chi connectivity index (χ1n) is 10.5. The van der Waals surface area contributed by atoms with Gasteiger partial charge < -0.3 is 25.3 Å². The number of amides is 3. The first-order valence-corrected chi connectivity index (χ1v) is 10.5. The number of H-pyrrole nitrogens is 1. The van der Waals surface area contributed by atoms with E-state index in [1.165, 1.54) is 0 Å². The van der Waals surface area contributed by atoms with Crippen LogP contribution in [-0.4, -0.2) is 60.4 Å². The van der Waals surface area contributed by atoms with Gasteiger partial charge in [0.25, 0.3) is 5.91 Å². The van der Waals surface area contributed by atoms with Crippen molar-refractivity contribution in [1.82, 2.24) is 20.5 Å². The highest BCUT2D eigenvalue weighted by Crippen LogP contribution is 2.26. The molecule has 160 valence electrons. The molecule has 4 rings (SSSR count). The number of aromatic nitrogens is 1. The number of ether oxygens (including phenoxy) is 1. The Balaban J connectivity index is 1.47. The van der Waals surface area contributed by atoms with Crippen molar-refractivity contribution in [3.05, 3.63) is 29.5 Å². The summed E-state index contributed by atoms with van der Waals surface area (Å²) in [5, 5.41) is 6.79. The highest BCUT2D eigenvalue weighted by Gasteiger charge is 2.33. The Hall–Kier alpha value is -3.03. The van der Waals surface area contributed by atoms with Gasteiger partial charge in [0.15, 0.2) is 0 Å². The van der Waals surface area contributed by atoms with Crippen LogP contribution >= 0.6 is 0 Å². The van der Waals surface area contributed by atoms with Gasteiger partial charge in [-0.2, -0.15) is 0 Å². The van der Waals surface area contributed by atoms with Crippen molar-refractivity contribution in [1.29, 1.82) is 0 Å². The number of carbonyl (C=O) groups is 3. The minimum absolute atomic E-state index is 0.00314. The summed E-state index contributed by atoms with van der Waals surface area (Å²) in [5.74, 6) is 0.217. The molecule has 2 fully saturated rings. The van der Waals surface area contributed by atoms with Gasteiger partial charge in [-0.3, -0.25) is 14.4 Å². The van der Waals surface area contributed by atoms with Gasteiger partial charge in [0.2, 0.25) is 11.8 Å². The monoisotopic (exact) mass is 412 g/mol. The van der Waals surface area contributed by atoms with Crippen LogP contribution in [-0.2, 0) is 9.59 Å². The third-order valence-corrected chi connectivity index (χ3v) is 6.14. The lowest BCUT2D eigenvalue weighted by Gasteiger charge is -2.27. The molecule has 8 heteroatoms. The minimum atomic E-state index is -0.294. The van der Waals surface area contributed by atoms with Gasteiger partial charge >= 0.3 is 0 Å². The number of benzene rings is 1. The lowest BCUT2D eigenvalue weighted by molar-refractivity contribution is -0.136. The van der Waals surface area contributed by atoms with Gasteiger partial charge in [-0.15, -0.1) is 0 Å². The average Bonchev–Trinajstić information content (AvgIpc) is 3.23. The Morgan fingerprint density at radius 2 is 2.10 bits per heavy atom. The van der Waals surface area contributed by atoms with Gasteiger partial charge in [-0.05, 0) is 49.9 Å². The first kappa shape index (κ1) is 20.3. The van der Waals surface area contributed by atoms with Gasteiger partial charge in [-0.25, -0.2) is 0 Å². The number of likely N-dealkylation sites (tertiary alicyclic amines) is 1. The fourth-order valence-electron chi connectivity index (χ4n) is 4.42. The van der Waals surface area contributed by atoms with Crippen LogP contribution in [0, 0.1) is 12.8 Å². The van der Waals surface area contributed by atoms with E-state index in [0.717, 1.165) is 41.5 Å². The zero-order valence-corrected chi connectivity index (χ0v) is 17.4. The van der Waals surface area contributed by atoms with Crippen LogP contribution in [0.2, 0.25) is 0 Å². The summed E-state index contributed by atoms with van der Waals surface area (Å²) in [6.45, 7) is 3.46. The van der Waals surface area contributed by atoms with Gasteiger partial charge in [-0.1, -0.05) is 0 Å². The summed E-state index contributed by atoms with van der Waals surface area (Å²) in [7, 11) is 1.62. The van der Waals surface area contributed by atoms with E-state index in [1.54, 1.807) is 7.11 Å². The molecule has 8 nitrogen and oxygen atoms in total. The molecule has 2 aliphatic rings. The van der Waals surface area contributed by atoms with Crippen LogP contribution < -0.4 is 15.4 Å². The normalized spacial score (nSPS) is 21.9. The summed E-state index contributed by atoms with van der Waals surface area (Å²) in [4.78, 5) is 42.3. The SMILES string of the molecule is COc1ccc2[nH]c(C(=O)NC3CCCCN(C(=O)C4CNC(=O)C4)C3)c(C)c2c1. The number of carbonyl (C=O) groups excluding carboxylic acids is 3. The molecule has 0 spiro atoms. The van der Waals surface area contributed by atoms with E-state index in [9.17, 15) is 14.4 Å². The van der Waals surface area contributed by atoms with Crippen molar-refractivity contribution < 1.29 is 19.1 Å². The zero-order chi connectivity index (χ0) is 21.3. The molecule has 2 unspecified atom stereocenters. The predicted molar refractivity (Wildman–Crippen MR) is 112 cm³/mol. The molecule has 0 aliphatic carbocycles. The number of aryl methyl sites for hydroxylation is 1. The summed E-state index contributed by atoms with van der Waals surface area (Å²) < 4.78 is 5.29. The molecule has 2 aromatic rings. The summed E-state index contributed by atoms with van der Waals surface area (Å²) in [6.07, 6.45) is 2.92. The topological polar surface area (TPSA) is 104 Å². The number of hydrogen-bond donors (Lipinski definition) is 3. The molecule has 0 radical (unpaired) electrons. The highest BCUT2D eigenvalue weighted by molar-refractivity contribution is 6.01. The Kier molecular flexibility index (Phi) is 5.65. The lowest BCUT2D eigenvalue weighted by atomic mass is 10.1. The largest absolute Gasteiger partial charge is 0.497 e. The molecule has 3 heterocycles. The van der Waals surface area contributed by atoms with Crippen LogP contribution in [0.25, 0.3) is 10.9 Å². The van der Waals surface area contributed by atoms with E-state index in [1.807, 2.05) is 30.0 Å². The van der Waals surface area contributed by atoms with E-state index in [2.05, 4.69) is 15.6 Å². The average molecular weight is 412 g/mol. The van der Waals surface area contributed by atoms with Gasteiger partial charge in [0, 0.05) is 43.0 Å². The molecule has 2 atom stereocenters. The number of hydrogen-bond acceptors (Lipinski definition) is 4. The molecule has 3 amide bonds. The third kappa shape index (κ3) is 3.99. The van der Waals surface area contributed by atoms with Crippen molar-refractivity contribution in [2.45, 2.75) is 38.6 Å². The number of nitrogens with zero attached hydrogens (tertiary/aromatic N) is 1. The fraction of sp³-hybridized carbons (Fsp3) is 0.500. The third-order valence-electron chi connectivity index (χ3n) is 6.14. The first-order chi connectivity index (χ1) is 14.5. The molecular weight excluding hydrogens is 384 g/mol. The van der Waals surface area contributed by atoms with Crippen LogP contribution in [0.5, 0.6) is 5.75 Å². The van der Waals surface area contributed by atoms with Crippen molar-refractivity contribution in [3.8, 4) is 5.75 Å². The fourth-order valence-corrected chi connectivity index (χ4v) is 4.42. The second-order valence-corrected chi connectivity index (χ2v) is 8.19. The van der Waals surface area contributed by atoms with Crippen molar-refractivity contribution in [2.24, 2.45) is 5.92 Å². The van der Waals surface area contributed by atoms with E-state index in [-0.39, 0.29) is 36.1 Å². The minimum Gasteiger partial charge on any atom is -0.497 e. The Labute approximate surface area is 175 Å². The lowest BCUT2D eigenvalue weighted by Crippen LogP contribution is -2.46. The van der Waals surface area contributed by atoms with E-state index < -0.39 is 0 Å². The molecular formula is C22H28N4O4. The van der Waals surface area contributed by atoms with Crippen LogP contribution in [0.1, 0.15) is 41.7 Å². The Morgan fingerprint density at radius 1 is 1.27 bits per heavy atom. The second-order valence-electron chi connectivity index (χ2n) is 8.19. The molecule has 0 bridgehead atoms. The molecule has 2 saturated heterocycles. The predicted octanol–water partition coefficient (Wildman–Crippen LogP) is 1.73.